The van der Waals surface area contributed by atoms with Crippen molar-refractivity contribution >= 4 is 5.69 Å². The van der Waals surface area contributed by atoms with Crippen molar-refractivity contribution in [3.05, 3.63) is 34.2 Å². The first kappa shape index (κ1) is 11.0. The molecule has 0 heterocycles. The van der Waals surface area contributed by atoms with Gasteiger partial charge in [0, 0.05) is 4.91 Å². The van der Waals surface area contributed by atoms with Crippen LogP contribution in [0.1, 0.15) is 12.5 Å². The van der Waals surface area contributed by atoms with Gasteiger partial charge in [-0.05, 0) is 29.6 Å². The van der Waals surface area contributed by atoms with Gasteiger partial charge in [0.15, 0.2) is 0 Å². The molecule has 0 saturated carbocycles. The molecule has 76 valence electrons. The molecule has 0 unspecified atom stereocenters. The van der Waals surface area contributed by atoms with Crippen LogP contribution >= 0.6 is 0 Å². The summed E-state index contributed by atoms with van der Waals surface area (Å²) in [7, 11) is 0. The molecule has 0 spiro atoms. The molecule has 0 fully saturated rings. The SMILES string of the molecule is C#CCOc1ccc(CC)cc1N=[N+]=[N-]. The molecule has 0 aliphatic rings. The molecule has 0 saturated heterocycles. The largest absolute Gasteiger partial charge is 0.480 e. The second-order valence-electron chi connectivity index (χ2n) is 2.84. The maximum Gasteiger partial charge on any atom is 0.148 e. The van der Waals surface area contributed by atoms with Crippen molar-refractivity contribution in [1.29, 1.82) is 0 Å². The lowest BCUT2D eigenvalue weighted by Crippen LogP contribution is -1.94. The van der Waals surface area contributed by atoms with Crippen LogP contribution in [-0.4, -0.2) is 6.61 Å². The Balaban J connectivity index is 3.04. The van der Waals surface area contributed by atoms with Crippen molar-refractivity contribution in [1.82, 2.24) is 0 Å². The van der Waals surface area contributed by atoms with Crippen LogP contribution in [0.3, 0.4) is 0 Å². The zero-order valence-corrected chi connectivity index (χ0v) is 8.47. The number of hydrogen-bond donors (Lipinski definition) is 0. The van der Waals surface area contributed by atoms with Crippen LogP contribution < -0.4 is 4.74 Å². The van der Waals surface area contributed by atoms with Gasteiger partial charge in [-0.2, -0.15) is 0 Å². The van der Waals surface area contributed by atoms with Gasteiger partial charge in [-0.25, -0.2) is 0 Å². The number of azide groups is 1. The van der Waals surface area contributed by atoms with Crippen LogP contribution in [0.25, 0.3) is 10.4 Å². The molecule has 0 radical (unpaired) electrons. The average molecular weight is 201 g/mol. The average Bonchev–Trinajstić information content (AvgIpc) is 2.27. The minimum absolute atomic E-state index is 0.166. The fraction of sp³-hybridized carbons (Fsp3) is 0.273. The van der Waals surface area contributed by atoms with Gasteiger partial charge >= 0.3 is 0 Å². The molecule has 0 amide bonds. The topological polar surface area (TPSA) is 58.0 Å². The van der Waals surface area contributed by atoms with Crippen LogP contribution in [0, 0.1) is 12.3 Å². The Kier molecular flexibility index (Phi) is 4.08. The first-order valence-electron chi connectivity index (χ1n) is 4.56. The summed E-state index contributed by atoms with van der Waals surface area (Å²) in [6, 6.07) is 5.48. The van der Waals surface area contributed by atoms with Gasteiger partial charge in [0.2, 0.25) is 0 Å². The molecule has 0 N–H and O–H groups in total. The minimum Gasteiger partial charge on any atom is -0.480 e. The molecule has 1 rings (SSSR count). The van der Waals surface area contributed by atoms with Gasteiger partial charge in [0.05, 0.1) is 5.69 Å². The summed E-state index contributed by atoms with van der Waals surface area (Å²) in [5.74, 6) is 2.87. The van der Waals surface area contributed by atoms with Crippen molar-refractivity contribution in [2.24, 2.45) is 5.11 Å². The first-order valence-corrected chi connectivity index (χ1v) is 4.56. The van der Waals surface area contributed by atoms with E-state index >= 15 is 0 Å². The molecule has 0 atom stereocenters. The smallest absolute Gasteiger partial charge is 0.148 e. The Labute approximate surface area is 88.5 Å². The van der Waals surface area contributed by atoms with Crippen LogP contribution in [0.15, 0.2) is 23.3 Å². The van der Waals surface area contributed by atoms with E-state index in [1.165, 1.54) is 0 Å². The molecule has 1 aromatic carbocycles. The van der Waals surface area contributed by atoms with E-state index in [0.717, 1.165) is 12.0 Å². The van der Waals surface area contributed by atoms with Crippen LogP contribution in [0.5, 0.6) is 5.75 Å². The van der Waals surface area contributed by atoms with E-state index in [1.54, 1.807) is 12.1 Å². The highest BCUT2D eigenvalue weighted by atomic mass is 16.5. The van der Waals surface area contributed by atoms with E-state index in [4.69, 9.17) is 16.7 Å². The monoisotopic (exact) mass is 201 g/mol. The predicted molar refractivity (Wildman–Crippen MR) is 59.0 cm³/mol. The van der Waals surface area contributed by atoms with Crippen molar-refractivity contribution in [3.8, 4) is 18.1 Å². The van der Waals surface area contributed by atoms with Gasteiger partial charge in [-0.1, -0.05) is 24.0 Å². The second kappa shape index (κ2) is 5.58. The quantitative estimate of drug-likeness (QED) is 0.319. The van der Waals surface area contributed by atoms with Gasteiger partial charge in [0.1, 0.15) is 12.4 Å². The van der Waals surface area contributed by atoms with Crippen molar-refractivity contribution in [2.75, 3.05) is 6.61 Å². The summed E-state index contributed by atoms with van der Waals surface area (Å²) in [5, 5.41) is 3.56. The zero-order chi connectivity index (χ0) is 11.1. The number of rotatable bonds is 4. The maximum atomic E-state index is 8.40. The molecule has 0 bridgehead atoms. The lowest BCUT2D eigenvalue weighted by atomic mass is 10.1. The minimum atomic E-state index is 0.166. The number of ether oxygens (including phenoxy) is 1. The number of aryl methyl sites for hydroxylation is 1. The summed E-state index contributed by atoms with van der Waals surface area (Å²) in [6.45, 7) is 2.19. The van der Waals surface area contributed by atoms with Crippen LogP contribution in [0.4, 0.5) is 5.69 Å². The fourth-order valence-corrected chi connectivity index (χ4v) is 1.15. The molecular formula is C11H11N3O. The van der Waals surface area contributed by atoms with Crippen LogP contribution in [0.2, 0.25) is 0 Å². The van der Waals surface area contributed by atoms with Gasteiger partial charge in [-0.15, -0.1) is 6.42 Å². The standard InChI is InChI=1S/C11H11N3O/c1-3-7-15-11-6-5-9(4-2)8-10(11)13-14-12/h1,5-6,8H,4,7H2,2H3. The van der Waals surface area contributed by atoms with E-state index in [-0.39, 0.29) is 6.61 Å². The summed E-state index contributed by atoms with van der Waals surface area (Å²) < 4.78 is 5.24. The Morgan fingerprint density at radius 3 is 3.00 bits per heavy atom. The zero-order valence-electron chi connectivity index (χ0n) is 8.47. The number of terminal acetylenes is 1. The summed E-state index contributed by atoms with van der Waals surface area (Å²) in [5.41, 5.74) is 9.96. The highest BCUT2D eigenvalue weighted by Crippen LogP contribution is 2.28. The third-order valence-corrected chi connectivity index (χ3v) is 1.90. The molecule has 4 heteroatoms. The third-order valence-electron chi connectivity index (χ3n) is 1.90. The molecule has 15 heavy (non-hydrogen) atoms. The number of benzene rings is 1. The summed E-state index contributed by atoms with van der Waals surface area (Å²) in [6.07, 6.45) is 5.96. The Morgan fingerprint density at radius 1 is 1.60 bits per heavy atom. The molecule has 0 aliphatic heterocycles. The highest BCUT2D eigenvalue weighted by molar-refractivity contribution is 5.53. The molecule has 1 aromatic rings. The van der Waals surface area contributed by atoms with E-state index in [9.17, 15) is 0 Å². The summed E-state index contributed by atoms with van der Waals surface area (Å²) >= 11 is 0. The van der Waals surface area contributed by atoms with E-state index in [2.05, 4.69) is 15.9 Å². The van der Waals surface area contributed by atoms with Crippen molar-refractivity contribution in [3.63, 3.8) is 0 Å². The Hall–Kier alpha value is -2.11. The Morgan fingerprint density at radius 2 is 2.40 bits per heavy atom. The second-order valence-corrected chi connectivity index (χ2v) is 2.84. The maximum absolute atomic E-state index is 8.40. The first-order chi connectivity index (χ1) is 7.31. The molecule has 4 nitrogen and oxygen atoms in total. The van der Waals surface area contributed by atoms with Gasteiger partial charge in [-0.3, -0.25) is 0 Å². The molecule has 0 aromatic heterocycles. The van der Waals surface area contributed by atoms with Crippen LogP contribution in [-0.2, 0) is 6.42 Å². The number of hydrogen-bond acceptors (Lipinski definition) is 2. The van der Waals surface area contributed by atoms with Gasteiger partial charge in [0.25, 0.3) is 0 Å². The Bertz CT molecular complexity index is 428. The predicted octanol–water partition coefficient (Wildman–Crippen LogP) is 3.20. The van der Waals surface area contributed by atoms with Crippen molar-refractivity contribution in [2.45, 2.75) is 13.3 Å². The van der Waals surface area contributed by atoms with Crippen molar-refractivity contribution < 1.29 is 4.74 Å². The highest BCUT2D eigenvalue weighted by Gasteiger charge is 2.02. The fourth-order valence-electron chi connectivity index (χ4n) is 1.15. The lowest BCUT2D eigenvalue weighted by Gasteiger charge is -2.06. The molecule has 0 aliphatic carbocycles. The van der Waals surface area contributed by atoms with E-state index in [0.29, 0.717) is 11.4 Å². The third kappa shape index (κ3) is 2.94. The molecular weight excluding hydrogens is 190 g/mol. The van der Waals surface area contributed by atoms with E-state index in [1.807, 2.05) is 13.0 Å². The summed E-state index contributed by atoms with van der Waals surface area (Å²) in [4.78, 5) is 2.74. The van der Waals surface area contributed by atoms with E-state index < -0.39 is 0 Å². The van der Waals surface area contributed by atoms with Gasteiger partial charge < -0.3 is 4.74 Å². The normalized spacial score (nSPS) is 8.80. The lowest BCUT2D eigenvalue weighted by molar-refractivity contribution is 0.371. The number of nitrogens with zero attached hydrogens (tertiary/aromatic N) is 3.